The molecule has 1 heterocycles. The standard InChI is InChI=1S/C28H36NO3/c1-18(30)23-9-10-24-22-8-7-20-16-21(32-26(31)19-6-5-15-29(4)17-19)11-13-27(20,2)25(22)12-14-28(23,24)3/h5-7,15-17,22-25H,8-14H2,1-4H3/q+1/t22-,23+,24-,25-,27-,28+/m0/s1. The van der Waals surface area contributed by atoms with Crippen molar-refractivity contribution in [2.45, 2.75) is 65.7 Å². The Balaban J connectivity index is 1.37. The number of esters is 1. The first kappa shape index (κ1) is 21.6. The number of hydrogen-bond donors (Lipinski definition) is 0. The lowest BCUT2D eigenvalue weighted by Gasteiger charge is -2.56. The number of pyridine rings is 1. The van der Waals surface area contributed by atoms with E-state index in [4.69, 9.17) is 4.74 Å². The Bertz CT molecular complexity index is 1020. The molecule has 0 aliphatic heterocycles. The third-order valence-corrected chi connectivity index (χ3v) is 9.62. The lowest BCUT2D eigenvalue weighted by atomic mass is 9.48. The van der Waals surface area contributed by atoms with Gasteiger partial charge in [-0.1, -0.05) is 19.9 Å². The van der Waals surface area contributed by atoms with Gasteiger partial charge in [0.05, 0.1) is 0 Å². The van der Waals surface area contributed by atoms with Crippen molar-refractivity contribution in [2.24, 2.45) is 41.5 Å². The number of carbonyl (C=O) groups excluding carboxylic acids is 2. The molecule has 0 spiro atoms. The molecule has 4 aliphatic rings. The molecule has 0 aromatic carbocycles. The number of ether oxygens (including phenoxy) is 1. The Morgan fingerprint density at radius 1 is 1.12 bits per heavy atom. The summed E-state index contributed by atoms with van der Waals surface area (Å²) in [4.78, 5) is 25.0. The second kappa shape index (κ2) is 7.67. The van der Waals surface area contributed by atoms with Gasteiger partial charge in [0.2, 0.25) is 0 Å². The number of carbonyl (C=O) groups is 2. The van der Waals surface area contributed by atoms with Crippen LogP contribution in [0, 0.1) is 34.5 Å². The summed E-state index contributed by atoms with van der Waals surface area (Å²) in [7, 11) is 1.91. The summed E-state index contributed by atoms with van der Waals surface area (Å²) in [5.74, 6) is 3.16. The molecular weight excluding hydrogens is 398 g/mol. The fourth-order valence-electron chi connectivity index (χ4n) is 7.93. The third kappa shape index (κ3) is 3.29. The van der Waals surface area contributed by atoms with Gasteiger partial charge in [0.15, 0.2) is 12.4 Å². The molecule has 0 radical (unpaired) electrons. The molecule has 0 bridgehead atoms. The molecule has 0 N–H and O–H groups in total. The number of Topliss-reactive ketones (excluding diaryl/α,β-unsaturated/α-hetero) is 1. The van der Waals surface area contributed by atoms with Gasteiger partial charge in [-0.2, -0.15) is 0 Å². The molecule has 0 unspecified atom stereocenters. The number of rotatable bonds is 3. The number of aromatic nitrogens is 1. The van der Waals surface area contributed by atoms with Crippen LogP contribution in [0.15, 0.2) is 48.0 Å². The molecule has 0 saturated heterocycles. The zero-order valence-corrected chi connectivity index (χ0v) is 19.9. The van der Waals surface area contributed by atoms with Crippen LogP contribution in [0.3, 0.4) is 0 Å². The molecule has 170 valence electrons. The highest BCUT2D eigenvalue weighted by molar-refractivity contribution is 5.89. The molecule has 0 amide bonds. The van der Waals surface area contributed by atoms with Crippen molar-refractivity contribution in [3.05, 3.63) is 53.6 Å². The smallest absolute Gasteiger partial charge is 0.349 e. The van der Waals surface area contributed by atoms with Crippen LogP contribution in [0.25, 0.3) is 0 Å². The summed E-state index contributed by atoms with van der Waals surface area (Å²) in [6.45, 7) is 6.63. The molecule has 1 aromatic rings. The summed E-state index contributed by atoms with van der Waals surface area (Å²) in [6, 6.07) is 3.67. The topological polar surface area (TPSA) is 47.3 Å². The number of hydrogen-bond acceptors (Lipinski definition) is 3. The second-order valence-electron chi connectivity index (χ2n) is 11.2. The van der Waals surface area contributed by atoms with Crippen molar-refractivity contribution in [1.82, 2.24) is 0 Å². The average molecular weight is 435 g/mol. The molecule has 4 aliphatic carbocycles. The largest absolute Gasteiger partial charge is 0.427 e. The van der Waals surface area contributed by atoms with Gasteiger partial charge in [-0.25, -0.2) is 9.36 Å². The highest BCUT2D eigenvalue weighted by atomic mass is 16.5. The number of nitrogens with zero attached hydrogens (tertiary/aromatic N) is 1. The maximum absolute atomic E-state index is 12.7. The molecule has 4 nitrogen and oxygen atoms in total. The predicted molar refractivity (Wildman–Crippen MR) is 122 cm³/mol. The zero-order valence-electron chi connectivity index (χ0n) is 19.9. The first-order chi connectivity index (χ1) is 15.2. The fraction of sp³-hybridized carbons (Fsp3) is 0.607. The van der Waals surface area contributed by atoms with E-state index in [1.54, 1.807) is 19.2 Å². The molecule has 5 rings (SSSR count). The van der Waals surface area contributed by atoms with E-state index >= 15 is 0 Å². The molecule has 6 atom stereocenters. The first-order valence-corrected chi connectivity index (χ1v) is 12.3. The van der Waals surface area contributed by atoms with E-state index in [0.29, 0.717) is 29.1 Å². The van der Waals surface area contributed by atoms with Crippen LogP contribution in [0.1, 0.15) is 76.1 Å². The van der Waals surface area contributed by atoms with Crippen molar-refractivity contribution >= 4 is 11.8 Å². The quantitative estimate of drug-likeness (QED) is 0.477. The third-order valence-electron chi connectivity index (χ3n) is 9.62. The van der Waals surface area contributed by atoms with Crippen LogP contribution in [0.2, 0.25) is 0 Å². The van der Waals surface area contributed by atoms with Crippen LogP contribution < -0.4 is 4.57 Å². The minimum Gasteiger partial charge on any atom is -0.427 e. The summed E-state index contributed by atoms with van der Waals surface area (Å²) >= 11 is 0. The second-order valence-corrected chi connectivity index (χ2v) is 11.2. The summed E-state index contributed by atoms with van der Waals surface area (Å²) in [5, 5.41) is 0. The van der Waals surface area contributed by atoms with Gasteiger partial charge >= 0.3 is 5.97 Å². The highest BCUT2D eigenvalue weighted by Crippen LogP contribution is 2.66. The summed E-state index contributed by atoms with van der Waals surface area (Å²) in [6.07, 6.45) is 15.9. The number of allylic oxidation sites excluding steroid dienone is 4. The Kier molecular flexibility index (Phi) is 5.18. The van der Waals surface area contributed by atoms with E-state index < -0.39 is 0 Å². The van der Waals surface area contributed by atoms with Crippen LogP contribution in [0.4, 0.5) is 0 Å². The number of fused-ring (bicyclic) bond motifs is 5. The number of aryl methyl sites for hydroxylation is 1. The van der Waals surface area contributed by atoms with E-state index in [1.807, 2.05) is 23.9 Å². The van der Waals surface area contributed by atoms with E-state index in [1.165, 1.54) is 24.8 Å². The summed E-state index contributed by atoms with van der Waals surface area (Å²) in [5.41, 5.74) is 2.27. The maximum Gasteiger partial charge on any atom is 0.349 e. The van der Waals surface area contributed by atoms with E-state index in [-0.39, 0.29) is 22.7 Å². The zero-order chi connectivity index (χ0) is 22.7. The average Bonchev–Trinajstić information content (AvgIpc) is 3.11. The molecule has 4 heteroatoms. The first-order valence-electron chi connectivity index (χ1n) is 12.3. The number of ketones is 1. The van der Waals surface area contributed by atoms with Gasteiger partial charge in [0.25, 0.3) is 0 Å². The fourth-order valence-corrected chi connectivity index (χ4v) is 7.93. The van der Waals surface area contributed by atoms with Gasteiger partial charge in [0.1, 0.15) is 24.2 Å². The monoisotopic (exact) mass is 434 g/mol. The normalized spacial score (nSPS) is 38.0. The van der Waals surface area contributed by atoms with E-state index in [0.717, 1.165) is 31.4 Å². The van der Waals surface area contributed by atoms with Crippen LogP contribution >= 0.6 is 0 Å². The lowest BCUT2D eigenvalue weighted by Crippen LogP contribution is -2.49. The molecule has 32 heavy (non-hydrogen) atoms. The van der Waals surface area contributed by atoms with Crippen molar-refractivity contribution in [1.29, 1.82) is 0 Å². The van der Waals surface area contributed by atoms with Crippen LogP contribution in [-0.4, -0.2) is 11.8 Å². The SMILES string of the molecule is CC(=O)[C@H]1CC[C@H]2[C@@H]3CC=C4C=C(OC(=O)c5ccc[n+](C)c5)CC[C@]4(C)[C@H]3CC[C@]12C. The molecular formula is C28H36NO3+. The molecule has 1 aromatic heterocycles. The molecule has 2 saturated carbocycles. The Hall–Kier alpha value is -2.23. The van der Waals surface area contributed by atoms with Crippen molar-refractivity contribution < 1.29 is 18.9 Å². The Morgan fingerprint density at radius 3 is 2.69 bits per heavy atom. The van der Waals surface area contributed by atoms with Crippen LogP contribution in [-0.2, 0) is 16.6 Å². The van der Waals surface area contributed by atoms with Gasteiger partial charge in [-0.15, -0.1) is 0 Å². The van der Waals surface area contributed by atoms with Crippen LogP contribution in [0.5, 0.6) is 0 Å². The van der Waals surface area contributed by atoms with E-state index in [2.05, 4.69) is 26.0 Å². The summed E-state index contributed by atoms with van der Waals surface area (Å²) < 4.78 is 7.68. The highest BCUT2D eigenvalue weighted by Gasteiger charge is 2.59. The van der Waals surface area contributed by atoms with Crippen molar-refractivity contribution in [2.75, 3.05) is 0 Å². The Labute approximate surface area is 191 Å². The van der Waals surface area contributed by atoms with E-state index in [9.17, 15) is 9.59 Å². The van der Waals surface area contributed by atoms with Crippen molar-refractivity contribution in [3.8, 4) is 0 Å². The minimum absolute atomic E-state index is 0.146. The minimum atomic E-state index is -0.278. The lowest BCUT2D eigenvalue weighted by molar-refractivity contribution is -0.671. The van der Waals surface area contributed by atoms with Gasteiger partial charge < -0.3 is 4.74 Å². The van der Waals surface area contributed by atoms with Gasteiger partial charge in [-0.05, 0) is 91.7 Å². The van der Waals surface area contributed by atoms with Gasteiger partial charge in [0, 0.05) is 18.4 Å². The predicted octanol–water partition coefficient (Wildman–Crippen LogP) is 5.33. The Morgan fingerprint density at radius 2 is 1.94 bits per heavy atom. The maximum atomic E-state index is 12.7. The van der Waals surface area contributed by atoms with Crippen molar-refractivity contribution in [3.63, 3.8) is 0 Å². The van der Waals surface area contributed by atoms with Gasteiger partial charge in [-0.3, -0.25) is 4.79 Å². The molecule has 2 fully saturated rings.